The van der Waals surface area contributed by atoms with E-state index in [2.05, 4.69) is 43.4 Å². The van der Waals surface area contributed by atoms with E-state index >= 15 is 0 Å². The highest BCUT2D eigenvalue weighted by molar-refractivity contribution is 5.82. The van der Waals surface area contributed by atoms with Gasteiger partial charge in [-0.3, -0.25) is 4.79 Å². The molecule has 0 saturated carbocycles. The molecule has 3 heteroatoms. The molecule has 2 aromatic rings. The minimum atomic E-state index is -0.473. The van der Waals surface area contributed by atoms with Crippen LogP contribution in [0.1, 0.15) is 43.0 Å². The fraction of sp³-hybridized carbons (Fsp3) is 0.381. The molecule has 3 nitrogen and oxygen atoms in total. The van der Waals surface area contributed by atoms with Crippen molar-refractivity contribution in [3.05, 3.63) is 71.3 Å². The molecule has 24 heavy (non-hydrogen) atoms. The molecule has 1 unspecified atom stereocenters. The molecular formula is C21H28N2O. The molecule has 128 valence electrons. The van der Waals surface area contributed by atoms with Gasteiger partial charge in [-0.1, -0.05) is 80.4 Å². The van der Waals surface area contributed by atoms with Gasteiger partial charge in [0.05, 0.1) is 12.1 Å². The van der Waals surface area contributed by atoms with Crippen LogP contribution in [-0.4, -0.2) is 11.9 Å². The van der Waals surface area contributed by atoms with Crippen molar-refractivity contribution in [2.45, 2.75) is 45.7 Å². The first-order valence-electron chi connectivity index (χ1n) is 8.67. The van der Waals surface area contributed by atoms with Crippen molar-refractivity contribution in [2.24, 2.45) is 11.7 Å². The van der Waals surface area contributed by atoms with Crippen molar-refractivity contribution in [1.82, 2.24) is 5.32 Å². The Balaban J connectivity index is 2.17. The first-order chi connectivity index (χ1) is 11.5. The van der Waals surface area contributed by atoms with E-state index in [1.54, 1.807) is 0 Å². The average molecular weight is 324 g/mol. The molecule has 0 radical (unpaired) electrons. The number of benzene rings is 2. The predicted molar refractivity (Wildman–Crippen MR) is 99.6 cm³/mol. The lowest BCUT2D eigenvalue weighted by Gasteiger charge is -2.24. The first kappa shape index (κ1) is 18.2. The maximum Gasteiger partial charge on any atom is 0.237 e. The van der Waals surface area contributed by atoms with Gasteiger partial charge in [0.2, 0.25) is 5.91 Å². The smallest absolute Gasteiger partial charge is 0.237 e. The minimum absolute atomic E-state index is 0.0727. The van der Waals surface area contributed by atoms with Crippen LogP contribution in [0.5, 0.6) is 0 Å². The average Bonchev–Trinajstić information content (AvgIpc) is 2.62. The zero-order chi connectivity index (χ0) is 17.5. The van der Waals surface area contributed by atoms with E-state index in [0.717, 1.165) is 18.4 Å². The van der Waals surface area contributed by atoms with Crippen LogP contribution in [0.2, 0.25) is 0 Å². The number of hydrogen-bond donors (Lipinski definition) is 2. The Labute approximate surface area is 145 Å². The molecule has 0 heterocycles. The van der Waals surface area contributed by atoms with Crippen LogP contribution in [-0.2, 0) is 11.2 Å². The Bertz CT molecular complexity index is 637. The maximum atomic E-state index is 12.5. The van der Waals surface area contributed by atoms with E-state index in [1.807, 2.05) is 37.3 Å². The van der Waals surface area contributed by atoms with Gasteiger partial charge < -0.3 is 11.1 Å². The zero-order valence-electron chi connectivity index (χ0n) is 14.8. The highest BCUT2D eigenvalue weighted by Gasteiger charge is 2.23. The largest absolute Gasteiger partial charge is 0.348 e. The van der Waals surface area contributed by atoms with Gasteiger partial charge in [-0.2, -0.15) is 0 Å². The van der Waals surface area contributed by atoms with E-state index in [0.29, 0.717) is 0 Å². The lowest BCUT2D eigenvalue weighted by Crippen LogP contribution is -2.46. The summed E-state index contributed by atoms with van der Waals surface area (Å²) in [7, 11) is 0. The molecule has 0 spiro atoms. The van der Waals surface area contributed by atoms with Crippen molar-refractivity contribution >= 4 is 5.91 Å². The Morgan fingerprint density at radius 2 is 1.71 bits per heavy atom. The predicted octanol–water partition coefficient (Wildman–Crippen LogP) is 3.77. The number of nitrogens with one attached hydrogen (secondary N) is 1. The van der Waals surface area contributed by atoms with E-state index < -0.39 is 6.04 Å². The molecule has 0 aromatic heterocycles. The third-order valence-electron chi connectivity index (χ3n) is 4.64. The molecule has 1 amide bonds. The molecule has 0 saturated heterocycles. The molecule has 0 aliphatic heterocycles. The van der Waals surface area contributed by atoms with Crippen molar-refractivity contribution in [3.63, 3.8) is 0 Å². The lowest BCUT2D eigenvalue weighted by atomic mass is 9.95. The number of aryl methyl sites for hydroxylation is 1. The summed E-state index contributed by atoms with van der Waals surface area (Å²) < 4.78 is 0. The number of carbonyl (C=O) groups is 1. The van der Waals surface area contributed by atoms with E-state index in [4.69, 9.17) is 5.73 Å². The summed E-state index contributed by atoms with van der Waals surface area (Å²) in [5.74, 6) is 0.0890. The lowest BCUT2D eigenvalue weighted by molar-refractivity contribution is -0.124. The fourth-order valence-electron chi connectivity index (χ4n) is 2.68. The maximum absolute atomic E-state index is 12.5. The quantitative estimate of drug-likeness (QED) is 0.814. The van der Waals surface area contributed by atoms with E-state index in [9.17, 15) is 4.79 Å². The van der Waals surface area contributed by atoms with Crippen LogP contribution in [0.4, 0.5) is 0 Å². The van der Waals surface area contributed by atoms with Crippen LogP contribution in [0, 0.1) is 12.8 Å². The van der Waals surface area contributed by atoms with Crippen molar-refractivity contribution < 1.29 is 4.79 Å². The summed E-state index contributed by atoms with van der Waals surface area (Å²) in [5, 5.41) is 3.15. The molecule has 2 aromatic carbocycles. The third kappa shape index (κ3) is 4.93. The topological polar surface area (TPSA) is 55.1 Å². The first-order valence-corrected chi connectivity index (χ1v) is 8.67. The van der Waals surface area contributed by atoms with Crippen LogP contribution < -0.4 is 11.1 Å². The molecule has 0 fully saturated rings. The Morgan fingerprint density at radius 3 is 2.29 bits per heavy atom. The Kier molecular flexibility index (Phi) is 6.56. The van der Waals surface area contributed by atoms with Gasteiger partial charge in [-0.05, 0) is 30.4 Å². The summed E-state index contributed by atoms with van der Waals surface area (Å²) in [6, 6.07) is 18.0. The molecule has 3 N–H and O–H groups in total. The Morgan fingerprint density at radius 1 is 1.08 bits per heavy atom. The van der Waals surface area contributed by atoms with E-state index in [-0.39, 0.29) is 17.9 Å². The van der Waals surface area contributed by atoms with Gasteiger partial charge in [0.25, 0.3) is 0 Å². The van der Waals surface area contributed by atoms with Crippen LogP contribution in [0.3, 0.4) is 0 Å². The second-order valence-electron chi connectivity index (χ2n) is 6.57. The molecular weight excluding hydrogens is 296 g/mol. The van der Waals surface area contributed by atoms with Crippen LogP contribution in [0.25, 0.3) is 0 Å². The number of amides is 1. The van der Waals surface area contributed by atoms with Gasteiger partial charge in [-0.25, -0.2) is 0 Å². The number of carbonyl (C=O) groups excluding carboxylic acids is 1. The summed E-state index contributed by atoms with van der Waals surface area (Å²) >= 11 is 0. The van der Waals surface area contributed by atoms with Gasteiger partial charge in [0.1, 0.15) is 0 Å². The van der Waals surface area contributed by atoms with Gasteiger partial charge >= 0.3 is 0 Å². The van der Waals surface area contributed by atoms with E-state index in [1.165, 1.54) is 11.1 Å². The van der Waals surface area contributed by atoms with Crippen LogP contribution in [0.15, 0.2) is 54.6 Å². The van der Waals surface area contributed by atoms with Gasteiger partial charge in [0, 0.05) is 0 Å². The minimum Gasteiger partial charge on any atom is -0.348 e. The zero-order valence-corrected chi connectivity index (χ0v) is 14.8. The summed E-state index contributed by atoms with van der Waals surface area (Å²) in [4.78, 5) is 12.5. The van der Waals surface area contributed by atoms with Gasteiger partial charge in [-0.15, -0.1) is 0 Å². The third-order valence-corrected chi connectivity index (χ3v) is 4.64. The molecule has 3 atom stereocenters. The number of hydrogen-bond acceptors (Lipinski definition) is 2. The standard InChI is InChI=1S/C21H28N2O/c1-4-16(3)20(22)21(24)23-19(18-8-6-5-7-9-18)14-17-12-10-15(2)11-13-17/h5-13,16,19-20H,4,14,22H2,1-3H3,(H,23,24)/t16?,19-,20-/m0/s1. The normalized spacial score (nSPS) is 14.7. The molecule has 2 rings (SSSR count). The molecule has 0 aliphatic rings. The summed E-state index contributed by atoms with van der Waals surface area (Å²) in [5.41, 5.74) is 9.63. The van der Waals surface area contributed by atoms with Crippen molar-refractivity contribution in [1.29, 1.82) is 0 Å². The highest BCUT2D eigenvalue weighted by Crippen LogP contribution is 2.19. The number of rotatable bonds is 7. The van der Waals surface area contributed by atoms with Crippen molar-refractivity contribution in [2.75, 3.05) is 0 Å². The molecule has 0 aliphatic carbocycles. The second kappa shape index (κ2) is 8.65. The summed E-state index contributed by atoms with van der Waals surface area (Å²) in [6.45, 7) is 6.14. The fourth-order valence-corrected chi connectivity index (χ4v) is 2.68. The Hall–Kier alpha value is -2.13. The molecule has 0 bridgehead atoms. The SMILES string of the molecule is CCC(C)[C@H](N)C(=O)N[C@@H](Cc1ccc(C)cc1)c1ccccc1. The monoisotopic (exact) mass is 324 g/mol. The van der Waals surface area contributed by atoms with Gasteiger partial charge in [0.15, 0.2) is 0 Å². The highest BCUT2D eigenvalue weighted by atomic mass is 16.2. The number of nitrogens with two attached hydrogens (primary N) is 1. The summed E-state index contributed by atoms with van der Waals surface area (Å²) in [6.07, 6.45) is 1.64. The van der Waals surface area contributed by atoms with Crippen LogP contribution >= 0.6 is 0 Å². The van der Waals surface area contributed by atoms with Crippen molar-refractivity contribution in [3.8, 4) is 0 Å². The second-order valence-corrected chi connectivity index (χ2v) is 6.57.